The van der Waals surface area contributed by atoms with Gasteiger partial charge in [-0.1, -0.05) is 56.3 Å². The standard InChI is InChI=1S/C15H23N/c1-12(2)10-16-11-15(13(3)4)14-8-6-5-7-9-14/h5-9,13,15-16H,1,10-11H2,2-4H3. The molecule has 0 aliphatic rings. The Bertz CT molecular complexity index is 313. The monoisotopic (exact) mass is 217 g/mol. The van der Waals surface area contributed by atoms with E-state index in [-0.39, 0.29) is 0 Å². The van der Waals surface area contributed by atoms with Crippen molar-refractivity contribution in [2.24, 2.45) is 5.92 Å². The number of nitrogens with one attached hydrogen (secondary N) is 1. The van der Waals surface area contributed by atoms with Gasteiger partial charge in [0.15, 0.2) is 0 Å². The number of benzene rings is 1. The summed E-state index contributed by atoms with van der Waals surface area (Å²) in [5.41, 5.74) is 2.61. The first kappa shape index (κ1) is 13.0. The van der Waals surface area contributed by atoms with E-state index in [9.17, 15) is 0 Å². The largest absolute Gasteiger partial charge is 0.312 e. The molecular formula is C15H23N. The Hall–Kier alpha value is -1.08. The average molecular weight is 217 g/mol. The van der Waals surface area contributed by atoms with Gasteiger partial charge in [-0.25, -0.2) is 0 Å². The topological polar surface area (TPSA) is 12.0 Å². The van der Waals surface area contributed by atoms with Gasteiger partial charge in [0, 0.05) is 13.1 Å². The molecule has 0 heterocycles. The smallest absolute Gasteiger partial charge is 0.0159 e. The van der Waals surface area contributed by atoms with E-state index in [4.69, 9.17) is 0 Å². The van der Waals surface area contributed by atoms with Crippen LogP contribution in [0.15, 0.2) is 42.5 Å². The highest BCUT2D eigenvalue weighted by Crippen LogP contribution is 2.23. The molecule has 1 heteroatoms. The lowest BCUT2D eigenvalue weighted by Gasteiger charge is -2.22. The lowest BCUT2D eigenvalue weighted by atomic mass is 9.88. The van der Waals surface area contributed by atoms with Crippen LogP contribution in [0.2, 0.25) is 0 Å². The molecule has 0 bridgehead atoms. The van der Waals surface area contributed by atoms with Gasteiger partial charge < -0.3 is 5.32 Å². The van der Waals surface area contributed by atoms with Crippen LogP contribution in [0.25, 0.3) is 0 Å². The van der Waals surface area contributed by atoms with Crippen LogP contribution in [0, 0.1) is 5.92 Å². The van der Waals surface area contributed by atoms with Crippen LogP contribution in [-0.2, 0) is 0 Å². The summed E-state index contributed by atoms with van der Waals surface area (Å²) in [6.45, 7) is 12.5. The molecule has 1 rings (SSSR count). The first-order chi connectivity index (χ1) is 7.61. The molecule has 0 saturated heterocycles. The Morgan fingerprint density at radius 2 is 1.88 bits per heavy atom. The maximum atomic E-state index is 3.91. The molecular weight excluding hydrogens is 194 g/mol. The summed E-state index contributed by atoms with van der Waals surface area (Å²) in [6.07, 6.45) is 0. The molecule has 0 aliphatic carbocycles. The lowest BCUT2D eigenvalue weighted by molar-refractivity contribution is 0.469. The third-order valence-electron chi connectivity index (χ3n) is 2.82. The second-order valence-electron chi connectivity index (χ2n) is 4.85. The Balaban J connectivity index is 2.58. The van der Waals surface area contributed by atoms with Crippen molar-refractivity contribution in [2.45, 2.75) is 26.7 Å². The highest BCUT2D eigenvalue weighted by Gasteiger charge is 2.14. The van der Waals surface area contributed by atoms with Crippen molar-refractivity contribution < 1.29 is 0 Å². The van der Waals surface area contributed by atoms with Crippen molar-refractivity contribution in [1.82, 2.24) is 5.32 Å². The summed E-state index contributed by atoms with van der Waals surface area (Å²) >= 11 is 0. The van der Waals surface area contributed by atoms with Crippen LogP contribution in [0.3, 0.4) is 0 Å². The van der Waals surface area contributed by atoms with E-state index >= 15 is 0 Å². The average Bonchev–Trinajstić information content (AvgIpc) is 2.25. The fraction of sp³-hybridized carbons (Fsp3) is 0.467. The quantitative estimate of drug-likeness (QED) is 0.718. The molecule has 0 aliphatic heterocycles. The van der Waals surface area contributed by atoms with Gasteiger partial charge in [-0.2, -0.15) is 0 Å². The zero-order chi connectivity index (χ0) is 12.0. The molecule has 0 amide bonds. The van der Waals surface area contributed by atoms with E-state index in [2.05, 4.69) is 63.0 Å². The minimum absolute atomic E-state index is 0.584. The van der Waals surface area contributed by atoms with E-state index in [0.29, 0.717) is 11.8 Å². The van der Waals surface area contributed by atoms with Crippen LogP contribution in [0.5, 0.6) is 0 Å². The lowest BCUT2D eigenvalue weighted by Crippen LogP contribution is -2.25. The first-order valence-corrected chi connectivity index (χ1v) is 6.01. The highest BCUT2D eigenvalue weighted by atomic mass is 14.9. The fourth-order valence-corrected chi connectivity index (χ4v) is 1.88. The van der Waals surface area contributed by atoms with E-state index in [1.165, 1.54) is 11.1 Å². The molecule has 1 N–H and O–H groups in total. The molecule has 88 valence electrons. The zero-order valence-corrected chi connectivity index (χ0v) is 10.7. The Morgan fingerprint density at radius 1 is 1.25 bits per heavy atom. The van der Waals surface area contributed by atoms with E-state index in [1.54, 1.807) is 0 Å². The molecule has 1 atom stereocenters. The van der Waals surface area contributed by atoms with Gasteiger partial charge in [0.2, 0.25) is 0 Å². The summed E-state index contributed by atoms with van der Waals surface area (Å²) in [5.74, 6) is 1.24. The predicted molar refractivity (Wildman–Crippen MR) is 71.7 cm³/mol. The molecule has 0 spiro atoms. The summed E-state index contributed by atoms with van der Waals surface area (Å²) in [5, 5.41) is 3.47. The summed E-state index contributed by atoms with van der Waals surface area (Å²) in [7, 11) is 0. The second kappa shape index (κ2) is 6.49. The van der Waals surface area contributed by atoms with Crippen molar-refractivity contribution in [3.8, 4) is 0 Å². The van der Waals surface area contributed by atoms with Crippen molar-refractivity contribution >= 4 is 0 Å². The van der Waals surface area contributed by atoms with E-state index in [0.717, 1.165) is 13.1 Å². The van der Waals surface area contributed by atoms with Gasteiger partial charge in [0.25, 0.3) is 0 Å². The molecule has 0 aromatic heterocycles. The maximum Gasteiger partial charge on any atom is 0.0159 e. The van der Waals surface area contributed by atoms with Crippen LogP contribution in [0.4, 0.5) is 0 Å². The molecule has 1 nitrogen and oxygen atoms in total. The molecule has 1 aromatic carbocycles. The molecule has 1 aromatic rings. The Morgan fingerprint density at radius 3 is 2.38 bits per heavy atom. The summed E-state index contributed by atoms with van der Waals surface area (Å²) < 4.78 is 0. The third kappa shape index (κ3) is 4.19. The zero-order valence-electron chi connectivity index (χ0n) is 10.7. The van der Waals surface area contributed by atoms with Crippen LogP contribution in [0.1, 0.15) is 32.3 Å². The number of rotatable bonds is 6. The fourth-order valence-electron chi connectivity index (χ4n) is 1.88. The Kier molecular flexibility index (Phi) is 5.27. The third-order valence-corrected chi connectivity index (χ3v) is 2.82. The van der Waals surface area contributed by atoms with Crippen molar-refractivity contribution in [1.29, 1.82) is 0 Å². The van der Waals surface area contributed by atoms with Gasteiger partial charge in [0.1, 0.15) is 0 Å². The molecule has 0 fully saturated rings. The summed E-state index contributed by atoms with van der Waals surface area (Å²) in [4.78, 5) is 0. The number of hydrogen-bond donors (Lipinski definition) is 1. The van der Waals surface area contributed by atoms with Crippen LogP contribution >= 0.6 is 0 Å². The summed E-state index contributed by atoms with van der Waals surface area (Å²) in [6, 6.07) is 10.7. The molecule has 0 radical (unpaired) electrons. The number of hydrogen-bond acceptors (Lipinski definition) is 1. The second-order valence-corrected chi connectivity index (χ2v) is 4.85. The Labute approximate surface area is 99.6 Å². The SMILES string of the molecule is C=C(C)CNCC(c1ccccc1)C(C)C. The minimum Gasteiger partial charge on any atom is -0.312 e. The van der Waals surface area contributed by atoms with Crippen molar-refractivity contribution in [3.05, 3.63) is 48.0 Å². The molecule has 16 heavy (non-hydrogen) atoms. The molecule has 0 saturated carbocycles. The first-order valence-electron chi connectivity index (χ1n) is 6.01. The van der Waals surface area contributed by atoms with E-state index < -0.39 is 0 Å². The van der Waals surface area contributed by atoms with Gasteiger partial charge >= 0.3 is 0 Å². The predicted octanol–water partition coefficient (Wildman–Crippen LogP) is 3.59. The molecule has 1 unspecified atom stereocenters. The van der Waals surface area contributed by atoms with Crippen molar-refractivity contribution in [2.75, 3.05) is 13.1 Å². The van der Waals surface area contributed by atoms with Crippen LogP contribution < -0.4 is 5.32 Å². The van der Waals surface area contributed by atoms with Gasteiger partial charge in [-0.15, -0.1) is 0 Å². The normalized spacial score (nSPS) is 12.8. The van der Waals surface area contributed by atoms with Gasteiger partial charge in [-0.3, -0.25) is 0 Å². The van der Waals surface area contributed by atoms with Gasteiger partial charge in [-0.05, 0) is 24.3 Å². The van der Waals surface area contributed by atoms with E-state index in [1.807, 2.05) is 0 Å². The van der Waals surface area contributed by atoms with Gasteiger partial charge in [0.05, 0.1) is 0 Å². The van der Waals surface area contributed by atoms with Crippen molar-refractivity contribution in [3.63, 3.8) is 0 Å². The highest BCUT2D eigenvalue weighted by molar-refractivity contribution is 5.20. The maximum absolute atomic E-state index is 3.91. The van der Waals surface area contributed by atoms with Crippen LogP contribution in [-0.4, -0.2) is 13.1 Å². The minimum atomic E-state index is 0.584.